The van der Waals surface area contributed by atoms with Crippen molar-refractivity contribution in [2.24, 2.45) is 23.7 Å². The zero-order chi connectivity index (χ0) is 22.2. The van der Waals surface area contributed by atoms with Gasteiger partial charge in [-0.05, 0) is 30.4 Å². The number of fused-ring (bicyclic) bond motifs is 5. The van der Waals surface area contributed by atoms with E-state index in [1.165, 1.54) is 0 Å². The maximum atomic E-state index is 12.7. The number of para-hydroxylation sites is 1. The van der Waals surface area contributed by atoms with E-state index in [0.29, 0.717) is 13.1 Å². The van der Waals surface area contributed by atoms with Crippen LogP contribution in [0.1, 0.15) is 12.8 Å². The molecule has 8 nitrogen and oxygen atoms in total. The van der Waals surface area contributed by atoms with Crippen LogP contribution in [0.2, 0.25) is 0 Å². The van der Waals surface area contributed by atoms with E-state index in [1.54, 1.807) is 0 Å². The van der Waals surface area contributed by atoms with Crippen molar-refractivity contribution in [1.29, 1.82) is 0 Å². The van der Waals surface area contributed by atoms with Crippen molar-refractivity contribution in [1.82, 2.24) is 15.1 Å². The molecule has 1 saturated carbocycles. The number of nitrogens with zero attached hydrogens (tertiary/aromatic N) is 3. The number of nitrogens with one attached hydrogen (secondary N) is 1. The van der Waals surface area contributed by atoms with Gasteiger partial charge < -0.3 is 15.1 Å². The molecule has 0 aromatic heterocycles. The number of carbonyl (C=O) groups is 4. The molecule has 168 valence electrons. The molecule has 2 bridgehead atoms. The molecule has 1 N–H and O–H groups in total. The number of allylic oxidation sites excluding steroid dienone is 2. The molecule has 4 unspecified atom stereocenters. The molecule has 1 aromatic rings. The number of hydrogen-bond acceptors (Lipinski definition) is 5. The van der Waals surface area contributed by atoms with Crippen LogP contribution >= 0.6 is 0 Å². The van der Waals surface area contributed by atoms with Gasteiger partial charge in [0, 0.05) is 44.8 Å². The van der Waals surface area contributed by atoms with Gasteiger partial charge in [-0.3, -0.25) is 24.1 Å². The summed E-state index contributed by atoms with van der Waals surface area (Å²) >= 11 is 0. The lowest BCUT2D eigenvalue weighted by molar-refractivity contribution is -0.144. The van der Waals surface area contributed by atoms with Crippen LogP contribution in [0.3, 0.4) is 0 Å². The molecule has 4 aliphatic rings. The van der Waals surface area contributed by atoms with Gasteiger partial charge in [-0.25, -0.2) is 0 Å². The van der Waals surface area contributed by atoms with E-state index in [4.69, 9.17) is 0 Å². The van der Waals surface area contributed by atoms with Crippen LogP contribution < -0.4 is 10.2 Å². The highest BCUT2D eigenvalue weighted by Gasteiger charge is 2.59. The highest BCUT2D eigenvalue weighted by molar-refractivity contribution is 6.08. The number of amides is 4. The lowest BCUT2D eigenvalue weighted by Crippen LogP contribution is -2.49. The van der Waals surface area contributed by atoms with Gasteiger partial charge in [-0.2, -0.15) is 0 Å². The summed E-state index contributed by atoms with van der Waals surface area (Å²) < 4.78 is 0. The first-order chi connectivity index (χ1) is 15.5. The van der Waals surface area contributed by atoms with Crippen LogP contribution in [0.25, 0.3) is 0 Å². The minimum absolute atomic E-state index is 0.00326. The Morgan fingerprint density at radius 3 is 2.16 bits per heavy atom. The molecule has 5 rings (SSSR count). The molecule has 4 atom stereocenters. The minimum Gasteiger partial charge on any atom is -0.368 e. The molecule has 0 radical (unpaired) electrons. The third kappa shape index (κ3) is 3.67. The summed E-state index contributed by atoms with van der Waals surface area (Å²) in [5.41, 5.74) is 1.16. The molecule has 2 aliphatic heterocycles. The summed E-state index contributed by atoms with van der Waals surface area (Å²) in [6.45, 7) is 2.80. The maximum Gasteiger partial charge on any atom is 0.240 e. The lowest BCUT2D eigenvalue weighted by Gasteiger charge is -2.36. The van der Waals surface area contributed by atoms with Crippen LogP contribution in [0.5, 0.6) is 0 Å². The first kappa shape index (κ1) is 20.7. The van der Waals surface area contributed by atoms with Gasteiger partial charge in [-0.1, -0.05) is 30.4 Å². The van der Waals surface area contributed by atoms with E-state index < -0.39 is 5.91 Å². The van der Waals surface area contributed by atoms with Gasteiger partial charge in [-0.15, -0.1) is 0 Å². The molecule has 0 spiro atoms. The van der Waals surface area contributed by atoms with E-state index in [9.17, 15) is 19.2 Å². The van der Waals surface area contributed by atoms with Gasteiger partial charge in [0.1, 0.15) is 6.54 Å². The minimum atomic E-state index is -0.395. The van der Waals surface area contributed by atoms with Gasteiger partial charge in [0.2, 0.25) is 23.6 Å². The second-order valence-corrected chi connectivity index (χ2v) is 9.07. The Labute approximate surface area is 187 Å². The average molecular weight is 437 g/mol. The summed E-state index contributed by atoms with van der Waals surface area (Å²) in [6.07, 6.45) is 5.14. The van der Waals surface area contributed by atoms with Crippen molar-refractivity contribution in [2.45, 2.75) is 12.8 Å². The Bertz CT molecular complexity index is 924. The molecule has 2 heterocycles. The fraction of sp³-hybridized carbons (Fsp3) is 0.500. The van der Waals surface area contributed by atoms with Crippen LogP contribution in [0.15, 0.2) is 42.5 Å². The smallest absolute Gasteiger partial charge is 0.240 e. The molecule has 2 aliphatic carbocycles. The summed E-state index contributed by atoms with van der Waals surface area (Å²) in [6, 6.07) is 10.1. The van der Waals surface area contributed by atoms with Crippen molar-refractivity contribution >= 4 is 29.3 Å². The largest absolute Gasteiger partial charge is 0.368 e. The number of rotatable bonds is 6. The third-order valence-corrected chi connectivity index (χ3v) is 7.28. The van der Waals surface area contributed by atoms with E-state index in [2.05, 4.69) is 22.3 Å². The topological polar surface area (TPSA) is 90.0 Å². The molecule has 4 amide bonds. The number of piperazine rings is 1. The van der Waals surface area contributed by atoms with Crippen LogP contribution in [-0.4, -0.2) is 72.7 Å². The maximum absolute atomic E-state index is 12.7. The Balaban J connectivity index is 1.04. The summed E-state index contributed by atoms with van der Waals surface area (Å²) in [5.74, 6) is -1.15. The standard InChI is InChI=1S/C24H28N4O4/c29-19(15-28-23(31)21-16-6-7-17(14-16)22(21)24(28)32)25-9-8-20(30)27-12-10-26(11-13-27)18-4-2-1-3-5-18/h1-7,16-17,21-22H,8-15H2,(H,25,29). The summed E-state index contributed by atoms with van der Waals surface area (Å²) in [5, 5.41) is 2.70. The fourth-order valence-electron chi connectivity index (χ4n) is 5.64. The zero-order valence-electron chi connectivity index (χ0n) is 18.0. The van der Waals surface area contributed by atoms with E-state index in [1.807, 2.05) is 35.3 Å². The summed E-state index contributed by atoms with van der Waals surface area (Å²) in [4.78, 5) is 55.4. The average Bonchev–Trinajstić information content (AvgIpc) is 3.50. The second kappa shape index (κ2) is 8.41. The molecular weight excluding hydrogens is 408 g/mol. The number of imide groups is 1. The van der Waals surface area contributed by atoms with Crippen LogP contribution in [0, 0.1) is 23.7 Å². The van der Waals surface area contributed by atoms with Crippen LogP contribution in [-0.2, 0) is 19.2 Å². The zero-order valence-corrected chi connectivity index (χ0v) is 18.0. The van der Waals surface area contributed by atoms with Gasteiger partial charge in [0.25, 0.3) is 0 Å². The van der Waals surface area contributed by atoms with Crippen molar-refractivity contribution in [3.63, 3.8) is 0 Å². The number of benzene rings is 1. The van der Waals surface area contributed by atoms with Crippen molar-refractivity contribution in [3.8, 4) is 0 Å². The predicted molar refractivity (Wildman–Crippen MR) is 117 cm³/mol. The molecule has 8 heteroatoms. The Hall–Kier alpha value is -3.16. The highest BCUT2D eigenvalue weighted by Crippen LogP contribution is 2.52. The quantitative estimate of drug-likeness (QED) is 0.522. The molecular formula is C24H28N4O4. The van der Waals surface area contributed by atoms with Crippen LogP contribution in [0.4, 0.5) is 5.69 Å². The first-order valence-electron chi connectivity index (χ1n) is 11.4. The highest BCUT2D eigenvalue weighted by atomic mass is 16.2. The van der Waals surface area contributed by atoms with E-state index in [0.717, 1.165) is 30.1 Å². The molecule has 1 aromatic carbocycles. The summed E-state index contributed by atoms with van der Waals surface area (Å²) in [7, 11) is 0. The number of likely N-dealkylation sites (tertiary alicyclic amines) is 1. The SMILES string of the molecule is O=C(CN1C(=O)C2C3C=CC(C3)C2C1=O)NCCC(=O)N1CCN(c2ccccc2)CC1. The van der Waals surface area contributed by atoms with E-state index >= 15 is 0 Å². The van der Waals surface area contributed by atoms with E-state index in [-0.39, 0.29) is 60.9 Å². The monoisotopic (exact) mass is 436 g/mol. The van der Waals surface area contributed by atoms with Gasteiger partial charge >= 0.3 is 0 Å². The molecule has 2 saturated heterocycles. The molecule has 32 heavy (non-hydrogen) atoms. The van der Waals surface area contributed by atoms with Crippen molar-refractivity contribution in [3.05, 3.63) is 42.5 Å². The Morgan fingerprint density at radius 2 is 1.53 bits per heavy atom. The first-order valence-corrected chi connectivity index (χ1v) is 11.4. The number of hydrogen-bond donors (Lipinski definition) is 1. The predicted octanol–water partition coefficient (Wildman–Crippen LogP) is 0.649. The van der Waals surface area contributed by atoms with Crippen molar-refractivity contribution < 1.29 is 19.2 Å². The second-order valence-electron chi connectivity index (χ2n) is 9.07. The Kier molecular flexibility index (Phi) is 5.45. The fourth-order valence-corrected chi connectivity index (χ4v) is 5.64. The normalized spacial score (nSPS) is 28.4. The number of carbonyl (C=O) groups excluding carboxylic acids is 4. The van der Waals surface area contributed by atoms with Crippen molar-refractivity contribution in [2.75, 3.05) is 44.2 Å². The molecule has 3 fully saturated rings. The number of anilines is 1. The van der Waals surface area contributed by atoms with Gasteiger partial charge in [0.05, 0.1) is 11.8 Å². The third-order valence-electron chi connectivity index (χ3n) is 7.28. The van der Waals surface area contributed by atoms with Gasteiger partial charge in [0.15, 0.2) is 0 Å². The lowest BCUT2D eigenvalue weighted by atomic mass is 9.85. The Morgan fingerprint density at radius 1 is 0.906 bits per heavy atom.